The van der Waals surface area contributed by atoms with E-state index >= 15 is 0 Å². The highest BCUT2D eigenvalue weighted by Crippen LogP contribution is 2.65. The number of carbonyl (C=O) groups excluding carboxylic acids is 3. The van der Waals surface area contributed by atoms with Crippen LogP contribution in [-0.4, -0.2) is 50.5 Å². The maximum Gasteiger partial charge on any atom is 0.209 e. The van der Waals surface area contributed by atoms with E-state index in [0.29, 0.717) is 22.4 Å². The van der Waals surface area contributed by atoms with Crippen LogP contribution in [-0.2, 0) is 16.0 Å². The minimum absolute atomic E-state index is 0.0172. The number of aromatic hydroxyl groups is 1. The van der Waals surface area contributed by atoms with E-state index in [2.05, 4.69) is 11.8 Å². The van der Waals surface area contributed by atoms with Crippen LogP contribution in [0.1, 0.15) is 68.1 Å². The SMILES string of the molecule is COc1cccc(C#Cc2ccc(O)c3c2C[C@]2(C)C[C@]4(C)C(C(C)C)C(O)=C(C(C)=O)C(=O)[C@]4(O)C(O)=C2C3=O)c1. The van der Waals surface area contributed by atoms with Gasteiger partial charge in [-0.3, -0.25) is 14.4 Å². The van der Waals surface area contributed by atoms with Gasteiger partial charge in [0.15, 0.2) is 17.2 Å². The van der Waals surface area contributed by atoms with E-state index < -0.39 is 56.8 Å². The summed E-state index contributed by atoms with van der Waals surface area (Å²) in [5.41, 5.74) is -4.40. The van der Waals surface area contributed by atoms with Gasteiger partial charge in [0.2, 0.25) is 5.78 Å². The van der Waals surface area contributed by atoms with Crippen molar-refractivity contribution in [1.29, 1.82) is 0 Å². The normalized spacial score (nSPS) is 28.5. The molecule has 0 saturated heterocycles. The summed E-state index contributed by atoms with van der Waals surface area (Å²) in [7, 11) is 1.56. The number of phenols is 1. The fourth-order valence-electron chi connectivity index (χ4n) is 7.69. The summed E-state index contributed by atoms with van der Waals surface area (Å²) in [6, 6.07) is 10.2. The lowest BCUT2D eigenvalue weighted by atomic mass is 9.44. The molecule has 4 atom stereocenters. The van der Waals surface area contributed by atoms with Crippen LogP contribution in [0.3, 0.4) is 0 Å². The van der Waals surface area contributed by atoms with E-state index in [9.17, 15) is 34.8 Å². The molecule has 2 aromatic rings. The van der Waals surface area contributed by atoms with Crippen LogP contribution in [0.5, 0.6) is 11.5 Å². The highest BCUT2D eigenvalue weighted by molar-refractivity contribution is 6.25. The first-order valence-corrected chi connectivity index (χ1v) is 13.8. The number of Topliss-reactive ketones (excluding diaryl/α,β-unsaturated/α-hetero) is 3. The molecule has 5 rings (SSSR count). The number of ketones is 3. The number of fused-ring (bicyclic) bond motifs is 3. The van der Waals surface area contributed by atoms with Gasteiger partial charge in [0.05, 0.1) is 12.7 Å². The number of hydrogen-bond acceptors (Lipinski definition) is 8. The molecule has 0 bridgehead atoms. The van der Waals surface area contributed by atoms with Crippen molar-refractivity contribution in [2.75, 3.05) is 7.11 Å². The molecular weight excluding hydrogens is 536 g/mol. The molecular formula is C34H34O8. The molecule has 0 heterocycles. The molecule has 4 N–H and O–H groups in total. The van der Waals surface area contributed by atoms with Gasteiger partial charge in [-0.1, -0.05) is 45.6 Å². The summed E-state index contributed by atoms with van der Waals surface area (Å²) >= 11 is 0. The highest BCUT2D eigenvalue weighted by Gasteiger charge is 2.71. The largest absolute Gasteiger partial charge is 0.511 e. The molecule has 8 heteroatoms. The Morgan fingerprint density at radius 3 is 2.38 bits per heavy atom. The Morgan fingerprint density at radius 1 is 1.07 bits per heavy atom. The zero-order valence-electron chi connectivity index (χ0n) is 24.5. The van der Waals surface area contributed by atoms with Crippen molar-refractivity contribution in [3.63, 3.8) is 0 Å². The molecule has 1 unspecified atom stereocenters. The third-order valence-electron chi connectivity index (χ3n) is 9.30. The molecule has 0 saturated carbocycles. The predicted molar refractivity (Wildman–Crippen MR) is 154 cm³/mol. The van der Waals surface area contributed by atoms with Crippen LogP contribution < -0.4 is 4.74 Å². The van der Waals surface area contributed by atoms with Crippen LogP contribution in [0, 0.1) is 34.5 Å². The molecule has 0 fully saturated rings. The zero-order chi connectivity index (χ0) is 30.9. The number of carbonyl (C=O) groups is 3. The summed E-state index contributed by atoms with van der Waals surface area (Å²) in [6.07, 6.45) is 0.169. The lowest BCUT2D eigenvalue weighted by molar-refractivity contribution is -0.171. The number of rotatable bonds is 3. The van der Waals surface area contributed by atoms with Crippen LogP contribution in [0.25, 0.3) is 0 Å². The Hall–Kier alpha value is -4.35. The summed E-state index contributed by atoms with van der Waals surface area (Å²) in [5.74, 6) is 1.40. The van der Waals surface area contributed by atoms with Crippen LogP contribution in [0.15, 0.2) is 59.1 Å². The Balaban J connectivity index is 1.74. The van der Waals surface area contributed by atoms with E-state index in [-0.39, 0.29) is 35.6 Å². The smallest absolute Gasteiger partial charge is 0.209 e. The topological polar surface area (TPSA) is 141 Å². The number of allylic oxidation sites excluding steroid dienone is 2. The van der Waals surface area contributed by atoms with E-state index in [1.165, 1.54) is 6.07 Å². The van der Waals surface area contributed by atoms with Crippen molar-refractivity contribution in [3.8, 4) is 23.3 Å². The second-order valence-electron chi connectivity index (χ2n) is 12.4. The number of aliphatic hydroxyl groups is 3. The number of aliphatic hydroxyl groups excluding tert-OH is 2. The Morgan fingerprint density at radius 2 is 1.76 bits per heavy atom. The van der Waals surface area contributed by atoms with Gasteiger partial charge in [0.1, 0.15) is 28.6 Å². The van der Waals surface area contributed by atoms with Gasteiger partial charge < -0.3 is 25.2 Å². The number of benzene rings is 2. The van der Waals surface area contributed by atoms with Gasteiger partial charge in [-0.15, -0.1) is 0 Å². The van der Waals surface area contributed by atoms with E-state index in [1.807, 2.05) is 6.07 Å². The van der Waals surface area contributed by atoms with Gasteiger partial charge in [0, 0.05) is 33.4 Å². The summed E-state index contributed by atoms with van der Waals surface area (Å²) < 4.78 is 5.27. The molecule has 0 spiro atoms. The monoisotopic (exact) mass is 570 g/mol. The van der Waals surface area contributed by atoms with Gasteiger partial charge in [-0.05, 0) is 61.6 Å². The first kappa shape index (κ1) is 29.2. The van der Waals surface area contributed by atoms with Crippen molar-refractivity contribution in [2.24, 2.45) is 22.7 Å². The van der Waals surface area contributed by atoms with Crippen molar-refractivity contribution >= 4 is 17.3 Å². The fourth-order valence-corrected chi connectivity index (χ4v) is 7.69. The van der Waals surface area contributed by atoms with Gasteiger partial charge in [-0.25, -0.2) is 0 Å². The average molecular weight is 571 g/mol. The van der Waals surface area contributed by atoms with E-state index in [4.69, 9.17) is 4.74 Å². The molecule has 0 aliphatic heterocycles. The van der Waals surface area contributed by atoms with Crippen molar-refractivity contribution in [1.82, 2.24) is 0 Å². The van der Waals surface area contributed by atoms with Crippen LogP contribution in [0.2, 0.25) is 0 Å². The Kier molecular flexibility index (Phi) is 6.66. The lowest BCUT2D eigenvalue weighted by Gasteiger charge is -2.59. The quantitative estimate of drug-likeness (QED) is 0.306. The molecule has 0 amide bonds. The number of ether oxygens (including phenoxy) is 1. The van der Waals surface area contributed by atoms with Crippen LogP contribution >= 0.6 is 0 Å². The average Bonchev–Trinajstić information content (AvgIpc) is 2.90. The highest BCUT2D eigenvalue weighted by atomic mass is 16.5. The lowest BCUT2D eigenvalue weighted by Crippen LogP contribution is -2.67. The van der Waals surface area contributed by atoms with E-state index in [0.717, 1.165) is 6.92 Å². The molecule has 8 nitrogen and oxygen atoms in total. The summed E-state index contributed by atoms with van der Waals surface area (Å²) in [6.45, 7) is 8.07. The van der Waals surface area contributed by atoms with Gasteiger partial charge in [-0.2, -0.15) is 0 Å². The molecule has 0 aromatic heterocycles. The minimum Gasteiger partial charge on any atom is -0.511 e. The third-order valence-corrected chi connectivity index (χ3v) is 9.30. The molecule has 0 radical (unpaired) electrons. The third kappa shape index (κ3) is 3.83. The second-order valence-corrected chi connectivity index (χ2v) is 12.4. The van der Waals surface area contributed by atoms with E-state index in [1.54, 1.807) is 59.1 Å². The number of hydrogen-bond donors (Lipinski definition) is 4. The molecule has 42 heavy (non-hydrogen) atoms. The molecule has 2 aromatic carbocycles. The minimum atomic E-state index is -2.64. The van der Waals surface area contributed by atoms with Crippen molar-refractivity contribution in [2.45, 2.75) is 53.1 Å². The Labute approximate surface area is 244 Å². The number of methoxy groups -OCH3 is 1. The zero-order valence-corrected chi connectivity index (χ0v) is 24.5. The Bertz CT molecular complexity index is 1700. The maximum absolute atomic E-state index is 14.1. The molecule has 3 aliphatic rings. The number of phenolic OH excluding ortho intramolecular Hbond substituents is 1. The summed E-state index contributed by atoms with van der Waals surface area (Å²) in [5, 5.41) is 45.9. The fraction of sp³-hybridized carbons (Fsp3) is 0.382. The standard InChI is InChI=1S/C34H34O8/c1-17(2)26-28(37)24(18(3)35)30(39)34(41)31(40)27-29(38)25-22(15-32(27,4)16-33(26,34)5)20(12-13-23(25)36)11-10-19-8-7-9-21(14-19)42-6/h7-9,12-14,17,26,36-37,40-41H,15-16H2,1-6H3/t26?,32-,33-,34+/m1/s1. The maximum atomic E-state index is 14.1. The second kappa shape index (κ2) is 9.60. The van der Waals surface area contributed by atoms with Crippen molar-refractivity contribution in [3.05, 3.63) is 81.3 Å². The predicted octanol–water partition coefficient (Wildman–Crippen LogP) is 4.75. The van der Waals surface area contributed by atoms with Crippen molar-refractivity contribution < 1.29 is 39.5 Å². The first-order chi connectivity index (χ1) is 19.6. The van der Waals surface area contributed by atoms with Crippen LogP contribution in [0.4, 0.5) is 0 Å². The van der Waals surface area contributed by atoms with Gasteiger partial charge in [0.25, 0.3) is 0 Å². The first-order valence-electron chi connectivity index (χ1n) is 13.8. The molecule has 218 valence electrons. The van der Waals surface area contributed by atoms with Gasteiger partial charge >= 0.3 is 0 Å². The molecule has 3 aliphatic carbocycles. The summed E-state index contributed by atoms with van der Waals surface area (Å²) in [4.78, 5) is 40.4.